The van der Waals surface area contributed by atoms with E-state index in [0.29, 0.717) is 30.4 Å². The summed E-state index contributed by atoms with van der Waals surface area (Å²) >= 11 is 6.23. The van der Waals surface area contributed by atoms with Gasteiger partial charge in [-0.05, 0) is 44.9 Å². The number of fused-ring (bicyclic) bond motifs is 3. The van der Waals surface area contributed by atoms with Crippen molar-refractivity contribution in [1.82, 2.24) is 9.88 Å². The number of piperidine rings is 1. The SMILES string of the molecule is CN1[C@@H]2CC[C@H]1CC(S(=O)(=O)c1ccc3[nH]c(=O)oc3c1Cl)C2. The van der Waals surface area contributed by atoms with Crippen LogP contribution in [0.4, 0.5) is 0 Å². The molecule has 1 N–H and O–H groups in total. The summed E-state index contributed by atoms with van der Waals surface area (Å²) in [6.07, 6.45) is 3.35. The summed E-state index contributed by atoms with van der Waals surface area (Å²) < 4.78 is 31.1. The van der Waals surface area contributed by atoms with Gasteiger partial charge in [0.15, 0.2) is 15.4 Å². The van der Waals surface area contributed by atoms with E-state index in [1.54, 1.807) is 0 Å². The number of rotatable bonds is 2. The largest absolute Gasteiger partial charge is 0.417 e. The molecule has 2 aliphatic rings. The smallest absolute Gasteiger partial charge is 0.406 e. The quantitative estimate of drug-likeness (QED) is 0.891. The van der Waals surface area contributed by atoms with Crippen molar-refractivity contribution in [2.24, 2.45) is 0 Å². The summed E-state index contributed by atoms with van der Waals surface area (Å²) in [5, 5.41) is -0.441. The van der Waals surface area contributed by atoms with Crippen molar-refractivity contribution < 1.29 is 12.8 Å². The first kappa shape index (κ1) is 15.2. The van der Waals surface area contributed by atoms with Crippen molar-refractivity contribution in [2.75, 3.05) is 7.05 Å². The second-order valence-electron chi connectivity index (χ2n) is 6.46. The third-order valence-electron chi connectivity index (χ3n) is 5.29. The highest BCUT2D eigenvalue weighted by Crippen LogP contribution is 2.40. The molecule has 2 saturated heterocycles. The number of hydrogen-bond acceptors (Lipinski definition) is 5. The van der Waals surface area contributed by atoms with Crippen LogP contribution < -0.4 is 5.76 Å². The van der Waals surface area contributed by atoms with Crippen LogP contribution in [-0.4, -0.2) is 42.7 Å². The van der Waals surface area contributed by atoms with Gasteiger partial charge < -0.3 is 9.32 Å². The average Bonchev–Trinajstić information content (AvgIpc) is 2.94. The number of oxazole rings is 1. The highest BCUT2D eigenvalue weighted by Gasteiger charge is 2.44. The van der Waals surface area contributed by atoms with E-state index in [9.17, 15) is 13.2 Å². The number of nitrogens with zero attached hydrogens (tertiary/aromatic N) is 1. The van der Waals surface area contributed by atoms with E-state index in [-0.39, 0.29) is 15.5 Å². The lowest BCUT2D eigenvalue weighted by molar-refractivity contribution is 0.180. The fourth-order valence-corrected chi connectivity index (χ4v) is 6.41. The maximum Gasteiger partial charge on any atom is 0.417 e. The number of sulfone groups is 1. The molecule has 23 heavy (non-hydrogen) atoms. The van der Waals surface area contributed by atoms with Crippen molar-refractivity contribution in [2.45, 2.75) is 47.9 Å². The Balaban J connectivity index is 1.77. The van der Waals surface area contributed by atoms with Gasteiger partial charge in [0.25, 0.3) is 0 Å². The maximum absolute atomic E-state index is 13.1. The van der Waals surface area contributed by atoms with Crippen molar-refractivity contribution >= 4 is 32.5 Å². The van der Waals surface area contributed by atoms with Crippen LogP contribution in [0.15, 0.2) is 26.2 Å². The van der Waals surface area contributed by atoms with E-state index in [4.69, 9.17) is 16.0 Å². The topological polar surface area (TPSA) is 83.4 Å². The normalized spacial score (nSPS) is 28.5. The number of H-pyrrole nitrogens is 1. The molecular weight excluding hydrogens is 340 g/mol. The Hall–Kier alpha value is -1.31. The standard InChI is InChI=1S/C15H17ClN2O4S/c1-18-8-2-3-9(18)7-10(6-8)23(20,21)12-5-4-11-14(13(12)16)22-15(19)17-11/h4-5,8-10H,2-3,6-7H2,1H3,(H,17,19)/t8-,9+,10?. The van der Waals surface area contributed by atoms with Gasteiger partial charge >= 0.3 is 5.76 Å². The van der Waals surface area contributed by atoms with Crippen LogP contribution in [0.1, 0.15) is 25.7 Å². The third-order valence-corrected chi connectivity index (χ3v) is 8.00. The molecule has 2 bridgehead atoms. The number of nitrogens with one attached hydrogen (secondary N) is 1. The van der Waals surface area contributed by atoms with Gasteiger partial charge in [-0.2, -0.15) is 0 Å². The number of benzene rings is 1. The van der Waals surface area contributed by atoms with E-state index in [0.717, 1.165) is 12.8 Å². The maximum atomic E-state index is 13.1. The molecular formula is C15H17ClN2O4S. The molecule has 2 aliphatic heterocycles. The predicted molar refractivity (Wildman–Crippen MR) is 86.6 cm³/mol. The molecule has 1 aromatic carbocycles. The van der Waals surface area contributed by atoms with Crippen LogP contribution in [0.2, 0.25) is 5.02 Å². The number of halogens is 1. The lowest BCUT2D eigenvalue weighted by atomic mass is 10.0. The first-order valence-corrected chi connectivity index (χ1v) is 9.57. The third kappa shape index (κ3) is 2.25. The zero-order valence-electron chi connectivity index (χ0n) is 12.6. The van der Waals surface area contributed by atoms with Gasteiger partial charge in [-0.25, -0.2) is 13.2 Å². The number of aromatic amines is 1. The lowest BCUT2D eigenvalue weighted by Gasteiger charge is -2.36. The summed E-state index contributed by atoms with van der Waals surface area (Å²) in [7, 11) is -1.49. The molecule has 124 valence electrons. The van der Waals surface area contributed by atoms with Gasteiger partial charge in [-0.15, -0.1) is 0 Å². The molecule has 1 aromatic heterocycles. The fourth-order valence-electron chi connectivity index (χ4n) is 3.98. The zero-order chi connectivity index (χ0) is 16.4. The molecule has 3 heterocycles. The second-order valence-corrected chi connectivity index (χ2v) is 9.03. The molecule has 0 amide bonds. The molecule has 6 nitrogen and oxygen atoms in total. The molecule has 0 radical (unpaired) electrons. The van der Waals surface area contributed by atoms with Crippen molar-refractivity contribution in [3.8, 4) is 0 Å². The van der Waals surface area contributed by atoms with Gasteiger partial charge in [-0.3, -0.25) is 4.98 Å². The van der Waals surface area contributed by atoms with E-state index in [2.05, 4.69) is 16.9 Å². The minimum Gasteiger partial charge on any atom is -0.406 e. The van der Waals surface area contributed by atoms with Crippen molar-refractivity contribution in [3.05, 3.63) is 27.7 Å². The summed E-state index contributed by atoms with van der Waals surface area (Å²) in [5.41, 5.74) is 0.510. The number of hydrogen-bond donors (Lipinski definition) is 1. The Morgan fingerprint density at radius 1 is 1.26 bits per heavy atom. The van der Waals surface area contributed by atoms with Gasteiger partial charge in [0, 0.05) is 12.1 Å². The molecule has 1 unspecified atom stereocenters. The molecule has 8 heteroatoms. The summed E-state index contributed by atoms with van der Waals surface area (Å²) in [4.78, 5) is 16.1. The van der Waals surface area contributed by atoms with Gasteiger partial charge in [-0.1, -0.05) is 11.6 Å². The summed E-state index contributed by atoms with van der Waals surface area (Å²) in [6.45, 7) is 0. The molecule has 0 saturated carbocycles. The first-order chi connectivity index (χ1) is 10.9. The van der Waals surface area contributed by atoms with Gasteiger partial charge in [0.1, 0.15) is 5.02 Å². The molecule has 0 spiro atoms. The summed E-state index contributed by atoms with van der Waals surface area (Å²) in [6, 6.07) is 3.64. The summed E-state index contributed by atoms with van der Waals surface area (Å²) in [5.74, 6) is -0.645. The Morgan fingerprint density at radius 2 is 1.91 bits per heavy atom. The highest BCUT2D eigenvalue weighted by atomic mass is 35.5. The van der Waals surface area contributed by atoms with Crippen LogP contribution in [-0.2, 0) is 9.84 Å². The minimum atomic E-state index is -3.56. The average molecular weight is 357 g/mol. The molecule has 3 atom stereocenters. The lowest BCUT2D eigenvalue weighted by Crippen LogP contribution is -2.44. The highest BCUT2D eigenvalue weighted by molar-refractivity contribution is 7.92. The Labute approximate surface area is 138 Å². The van der Waals surface area contributed by atoms with Gasteiger partial charge in [0.2, 0.25) is 0 Å². The van der Waals surface area contributed by atoms with Gasteiger partial charge in [0.05, 0.1) is 15.7 Å². The zero-order valence-corrected chi connectivity index (χ0v) is 14.2. The van der Waals surface area contributed by atoms with Crippen LogP contribution in [0.25, 0.3) is 11.1 Å². The second kappa shape index (κ2) is 5.09. The van der Waals surface area contributed by atoms with E-state index >= 15 is 0 Å². The van der Waals surface area contributed by atoms with Crippen LogP contribution >= 0.6 is 11.6 Å². The van der Waals surface area contributed by atoms with Crippen molar-refractivity contribution in [3.63, 3.8) is 0 Å². The monoisotopic (exact) mass is 356 g/mol. The Bertz CT molecular complexity index is 919. The van der Waals surface area contributed by atoms with E-state index in [1.165, 1.54) is 12.1 Å². The Morgan fingerprint density at radius 3 is 2.57 bits per heavy atom. The molecule has 2 fully saturated rings. The van der Waals surface area contributed by atoms with Crippen LogP contribution in [0.5, 0.6) is 0 Å². The van der Waals surface area contributed by atoms with E-state index < -0.39 is 20.8 Å². The predicted octanol–water partition coefficient (Wildman–Crippen LogP) is 2.17. The Kier molecular flexibility index (Phi) is 3.37. The van der Waals surface area contributed by atoms with Crippen molar-refractivity contribution in [1.29, 1.82) is 0 Å². The fraction of sp³-hybridized carbons (Fsp3) is 0.533. The van der Waals surface area contributed by atoms with Crippen LogP contribution in [0, 0.1) is 0 Å². The molecule has 2 aromatic rings. The van der Waals surface area contributed by atoms with Crippen LogP contribution in [0.3, 0.4) is 0 Å². The minimum absolute atomic E-state index is 0.00729. The van der Waals surface area contributed by atoms with E-state index in [1.807, 2.05) is 0 Å². The first-order valence-electron chi connectivity index (χ1n) is 7.65. The molecule has 0 aliphatic carbocycles. The number of aromatic nitrogens is 1. The molecule has 4 rings (SSSR count).